The van der Waals surface area contributed by atoms with Crippen molar-refractivity contribution < 1.29 is 39.8 Å². The number of aryl methyl sites for hydroxylation is 1. The Kier molecular flexibility index (Phi) is 12.8. The molecule has 0 aliphatic heterocycles. The van der Waals surface area contributed by atoms with Gasteiger partial charge in [-0.2, -0.15) is 0 Å². The second-order valence-electron chi connectivity index (χ2n) is 12.9. The molecular weight excluding hydrogens is 673 g/mol. The van der Waals surface area contributed by atoms with Crippen LogP contribution in [-0.4, -0.2) is 98.7 Å². The highest BCUT2D eigenvalue weighted by molar-refractivity contribution is 6.34. The normalized spacial score (nSPS) is 17.6. The Morgan fingerprint density at radius 2 is 1.69 bits per heavy atom. The van der Waals surface area contributed by atoms with Crippen molar-refractivity contribution in [2.45, 2.75) is 87.7 Å². The second-order valence-corrected chi connectivity index (χ2v) is 13.7. The minimum Gasteiger partial charge on any atom is -0.490 e. The molecule has 2 amide bonds. The Morgan fingerprint density at radius 1 is 1.00 bits per heavy atom. The SMILES string of the molecule is CN(CCCCc1cc(Cl)c(COC2(c3cnccc3-c3ccccc3OC3CC3)CC2)cc1Cl)C(=O)NCC(O)C(O)C(O)C(O)CO. The van der Waals surface area contributed by atoms with E-state index in [0.29, 0.717) is 36.0 Å². The Morgan fingerprint density at radius 3 is 2.41 bits per heavy atom. The fourth-order valence-corrected chi connectivity index (χ4v) is 6.20. The van der Waals surface area contributed by atoms with Crippen molar-refractivity contribution in [3.8, 4) is 16.9 Å². The van der Waals surface area contributed by atoms with E-state index in [0.717, 1.165) is 65.7 Å². The number of aliphatic hydroxyl groups is 5. The molecule has 1 aromatic heterocycles. The van der Waals surface area contributed by atoms with Crippen LogP contribution in [0.2, 0.25) is 10.0 Å². The van der Waals surface area contributed by atoms with Gasteiger partial charge in [-0.3, -0.25) is 4.98 Å². The number of para-hydroxylation sites is 1. The molecule has 2 aliphatic rings. The first-order valence-corrected chi connectivity index (χ1v) is 17.4. The van der Waals surface area contributed by atoms with E-state index in [4.69, 9.17) is 37.8 Å². The standard InChI is InChI=1S/C36H45Cl2N3O8/c1-41(35(47)40-19-30(43)33(45)34(46)31(44)20-42)15-5-4-6-22-16-29(38)23(17-28(22)37)21-48-36(12-13-36)27-18-39-14-11-25(27)26-7-2-3-8-32(26)49-24-9-10-24/h2-3,7-8,11,14,16-18,24,30-31,33-34,42-46H,4-6,9-10,12-13,15,19-21H2,1H3,(H,40,47). The highest BCUT2D eigenvalue weighted by Crippen LogP contribution is 2.53. The zero-order chi connectivity index (χ0) is 35.1. The number of urea groups is 1. The van der Waals surface area contributed by atoms with Gasteiger partial charge in [-0.25, -0.2) is 4.79 Å². The van der Waals surface area contributed by atoms with E-state index in [2.05, 4.69) is 16.4 Å². The number of rotatable bonds is 18. The van der Waals surface area contributed by atoms with E-state index in [1.165, 1.54) is 4.90 Å². The minimum absolute atomic E-state index is 0.284. The van der Waals surface area contributed by atoms with Crippen LogP contribution in [0, 0.1) is 0 Å². The van der Waals surface area contributed by atoms with Crippen LogP contribution in [-0.2, 0) is 23.4 Å². The summed E-state index contributed by atoms with van der Waals surface area (Å²) in [5.41, 5.74) is 4.34. The van der Waals surface area contributed by atoms with Gasteiger partial charge < -0.3 is 45.2 Å². The molecule has 13 heteroatoms. The van der Waals surface area contributed by atoms with E-state index < -0.39 is 42.7 Å². The number of aromatic nitrogens is 1. The number of amides is 2. The molecule has 2 aromatic carbocycles. The van der Waals surface area contributed by atoms with Crippen molar-refractivity contribution in [3.05, 3.63) is 81.6 Å². The largest absolute Gasteiger partial charge is 0.490 e. The fraction of sp³-hybridized carbons (Fsp3) is 0.500. The van der Waals surface area contributed by atoms with Crippen molar-refractivity contribution in [1.82, 2.24) is 15.2 Å². The van der Waals surface area contributed by atoms with Gasteiger partial charge in [0.05, 0.1) is 31.0 Å². The predicted molar refractivity (Wildman–Crippen MR) is 186 cm³/mol. The molecule has 266 valence electrons. The summed E-state index contributed by atoms with van der Waals surface area (Å²) in [6.45, 7) is -0.419. The minimum atomic E-state index is -1.76. The molecule has 0 bridgehead atoms. The lowest BCUT2D eigenvalue weighted by Crippen LogP contribution is -2.51. The third-order valence-electron chi connectivity index (χ3n) is 9.05. The maximum absolute atomic E-state index is 12.4. The lowest BCUT2D eigenvalue weighted by atomic mass is 9.96. The summed E-state index contributed by atoms with van der Waals surface area (Å²) in [7, 11) is 1.60. The van der Waals surface area contributed by atoms with Crippen molar-refractivity contribution >= 4 is 29.2 Å². The lowest BCUT2D eigenvalue weighted by Gasteiger charge is -2.26. The van der Waals surface area contributed by atoms with Gasteiger partial charge in [0.2, 0.25) is 0 Å². The summed E-state index contributed by atoms with van der Waals surface area (Å²) in [5, 5.41) is 51.6. The van der Waals surface area contributed by atoms with Crippen LogP contribution in [0.25, 0.3) is 11.1 Å². The Hall–Kier alpha value is -3.00. The number of carbonyl (C=O) groups excluding carboxylic acids is 1. The first kappa shape index (κ1) is 37.3. The van der Waals surface area contributed by atoms with Gasteiger partial charge in [-0.05, 0) is 85.9 Å². The first-order valence-electron chi connectivity index (χ1n) is 16.7. The van der Waals surface area contributed by atoms with Crippen LogP contribution in [0.5, 0.6) is 5.75 Å². The molecule has 0 radical (unpaired) electrons. The smallest absolute Gasteiger partial charge is 0.317 e. The van der Waals surface area contributed by atoms with E-state index in [9.17, 15) is 25.2 Å². The second kappa shape index (κ2) is 16.8. The van der Waals surface area contributed by atoms with Gasteiger partial charge in [0, 0.05) is 53.7 Å². The first-order chi connectivity index (χ1) is 23.5. The number of nitrogens with one attached hydrogen (secondary N) is 1. The molecule has 11 nitrogen and oxygen atoms in total. The summed E-state index contributed by atoms with van der Waals surface area (Å²) in [5.74, 6) is 0.874. The molecule has 49 heavy (non-hydrogen) atoms. The summed E-state index contributed by atoms with van der Waals surface area (Å²) >= 11 is 13.4. The van der Waals surface area contributed by atoms with Crippen molar-refractivity contribution in [1.29, 1.82) is 0 Å². The van der Waals surface area contributed by atoms with Gasteiger partial charge >= 0.3 is 6.03 Å². The van der Waals surface area contributed by atoms with Crippen molar-refractivity contribution in [3.63, 3.8) is 0 Å². The summed E-state index contributed by atoms with van der Waals surface area (Å²) in [6, 6.07) is 13.4. The Balaban J connectivity index is 1.11. The average Bonchev–Trinajstić information content (AvgIpc) is 4.06. The van der Waals surface area contributed by atoms with Crippen molar-refractivity contribution in [2.75, 3.05) is 26.7 Å². The number of benzene rings is 2. The molecular formula is C36H45Cl2N3O8. The Labute approximate surface area is 296 Å². The molecule has 5 rings (SSSR count). The van der Waals surface area contributed by atoms with Crippen LogP contribution < -0.4 is 10.1 Å². The molecule has 3 aromatic rings. The maximum atomic E-state index is 12.4. The highest BCUT2D eigenvalue weighted by Gasteiger charge is 2.48. The van der Waals surface area contributed by atoms with Crippen LogP contribution in [0.1, 0.15) is 55.2 Å². The zero-order valence-corrected chi connectivity index (χ0v) is 29.0. The topological polar surface area (TPSA) is 165 Å². The van der Waals surface area contributed by atoms with Crippen LogP contribution in [0.3, 0.4) is 0 Å². The van der Waals surface area contributed by atoms with E-state index in [-0.39, 0.29) is 12.6 Å². The van der Waals surface area contributed by atoms with E-state index >= 15 is 0 Å². The van der Waals surface area contributed by atoms with E-state index in [1.807, 2.05) is 42.6 Å². The number of hydrogen-bond acceptors (Lipinski definition) is 9. The number of carbonyl (C=O) groups is 1. The molecule has 0 spiro atoms. The van der Waals surface area contributed by atoms with Gasteiger partial charge in [-0.1, -0.05) is 41.4 Å². The molecule has 2 fully saturated rings. The van der Waals surface area contributed by atoms with Crippen LogP contribution in [0.4, 0.5) is 4.79 Å². The highest BCUT2D eigenvalue weighted by atomic mass is 35.5. The molecule has 2 saturated carbocycles. The molecule has 0 saturated heterocycles. The third-order valence-corrected chi connectivity index (χ3v) is 9.76. The number of hydrogen-bond donors (Lipinski definition) is 6. The number of ether oxygens (including phenoxy) is 2. The number of unbranched alkanes of at least 4 members (excludes halogenated alkanes) is 1. The molecule has 2 aliphatic carbocycles. The number of nitrogens with zero attached hydrogens (tertiary/aromatic N) is 2. The third kappa shape index (κ3) is 9.62. The Bertz CT molecular complexity index is 1570. The molecule has 4 unspecified atom stereocenters. The summed E-state index contributed by atoms with van der Waals surface area (Å²) < 4.78 is 12.8. The number of aliphatic hydroxyl groups excluding tert-OH is 5. The van der Waals surface area contributed by atoms with Crippen molar-refractivity contribution in [2.24, 2.45) is 0 Å². The van der Waals surface area contributed by atoms with Gasteiger partial charge in [-0.15, -0.1) is 0 Å². The quantitative estimate of drug-likeness (QED) is 0.106. The van der Waals surface area contributed by atoms with E-state index in [1.54, 1.807) is 13.2 Å². The lowest BCUT2D eigenvalue weighted by molar-refractivity contribution is -0.113. The van der Waals surface area contributed by atoms with Gasteiger partial charge in [0.1, 0.15) is 24.1 Å². The fourth-order valence-electron chi connectivity index (χ4n) is 5.68. The maximum Gasteiger partial charge on any atom is 0.317 e. The number of halogens is 2. The molecule has 6 N–H and O–H groups in total. The van der Waals surface area contributed by atoms with Crippen LogP contribution >= 0.6 is 23.2 Å². The summed E-state index contributed by atoms with van der Waals surface area (Å²) in [6.07, 6.45) is 3.27. The molecule has 4 atom stereocenters. The number of pyridine rings is 1. The summed E-state index contributed by atoms with van der Waals surface area (Å²) in [4.78, 5) is 18.3. The predicted octanol–water partition coefficient (Wildman–Crippen LogP) is 4.20. The molecule has 1 heterocycles. The monoisotopic (exact) mass is 717 g/mol. The van der Waals surface area contributed by atoms with Crippen LogP contribution in [0.15, 0.2) is 54.9 Å². The van der Waals surface area contributed by atoms with Gasteiger partial charge in [0.15, 0.2) is 0 Å². The zero-order valence-electron chi connectivity index (χ0n) is 27.5. The average molecular weight is 719 g/mol. The van der Waals surface area contributed by atoms with Gasteiger partial charge in [0.25, 0.3) is 0 Å².